The lowest BCUT2D eigenvalue weighted by Gasteiger charge is -2.37. The second kappa shape index (κ2) is 8.42. The van der Waals surface area contributed by atoms with Crippen molar-refractivity contribution in [2.75, 3.05) is 33.3 Å². The van der Waals surface area contributed by atoms with Gasteiger partial charge in [-0.05, 0) is 55.8 Å². The number of aromatic nitrogens is 3. The van der Waals surface area contributed by atoms with Gasteiger partial charge in [0, 0.05) is 55.9 Å². The van der Waals surface area contributed by atoms with Gasteiger partial charge in [-0.2, -0.15) is 0 Å². The zero-order chi connectivity index (χ0) is 21.4. The van der Waals surface area contributed by atoms with Crippen molar-refractivity contribution in [3.05, 3.63) is 70.4 Å². The Bertz CT molecular complexity index is 1130. The third-order valence-electron chi connectivity index (χ3n) is 6.51. The zero-order valence-electron chi connectivity index (χ0n) is 17.9. The van der Waals surface area contributed by atoms with E-state index >= 15 is 0 Å². The molecule has 1 fully saturated rings. The Hall–Kier alpha value is -2.74. The maximum atomic E-state index is 13.5. The van der Waals surface area contributed by atoms with Gasteiger partial charge < -0.3 is 15.0 Å². The highest BCUT2D eigenvalue weighted by molar-refractivity contribution is 5.58. The summed E-state index contributed by atoms with van der Waals surface area (Å²) in [4.78, 5) is 20.1. The summed E-state index contributed by atoms with van der Waals surface area (Å²) in [6.07, 6.45) is 4.83. The molecule has 7 heteroatoms. The van der Waals surface area contributed by atoms with Crippen LogP contribution in [-0.4, -0.2) is 57.4 Å². The summed E-state index contributed by atoms with van der Waals surface area (Å²) in [5.41, 5.74) is 3.97. The monoisotopic (exact) mass is 419 g/mol. The Balaban J connectivity index is 1.51. The molecule has 7 nitrogen and oxygen atoms in total. The first-order chi connectivity index (χ1) is 15.1. The van der Waals surface area contributed by atoms with Crippen LogP contribution in [0.1, 0.15) is 23.6 Å². The highest BCUT2D eigenvalue weighted by Gasteiger charge is 2.31. The van der Waals surface area contributed by atoms with Gasteiger partial charge in [-0.25, -0.2) is 4.98 Å². The van der Waals surface area contributed by atoms with E-state index in [0.29, 0.717) is 29.8 Å². The minimum Gasteiger partial charge on any atom is -0.395 e. The van der Waals surface area contributed by atoms with Crippen molar-refractivity contribution >= 4 is 0 Å². The van der Waals surface area contributed by atoms with Gasteiger partial charge in [0.1, 0.15) is 5.82 Å². The van der Waals surface area contributed by atoms with Crippen LogP contribution in [0.3, 0.4) is 0 Å². The number of rotatable bonds is 6. The van der Waals surface area contributed by atoms with Crippen LogP contribution in [0, 0.1) is 5.92 Å². The van der Waals surface area contributed by atoms with Gasteiger partial charge in [0.05, 0.1) is 12.2 Å². The molecule has 2 aliphatic rings. The normalized spacial score (nSPS) is 20.1. The largest absolute Gasteiger partial charge is 0.395 e. The number of hydrogen-bond donors (Lipinski definition) is 2. The van der Waals surface area contributed by atoms with Crippen molar-refractivity contribution in [1.82, 2.24) is 24.3 Å². The van der Waals surface area contributed by atoms with Crippen LogP contribution >= 0.6 is 0 Å². The van der Waals surface area contributed by atoms with Gasteiger partial charge in [0.2, 0.25) is 0 Å². The van der Waals surface area contributed by atoms with Gasteiger partial charge >= 0.3 is 0 Å². The van der Waals surface area contributed by atoms with Gasteiger partial charge in [0.25, 0.3) is 5.56 Å². The van der Waals surface area contributed by atoms with E-state index in [1.54, 1.807) is 6.20 Å². The summed E-state index contributed by atoms with van der Waals surface area (Å²) in [5.74, 6) is 1.61. The predicted molar refractivity (Wildman–Crippen MR) is 120 cm³/mol. The molecule has 1 saturated heterocycles. The van der Waals surface area contributed by atoms with Crippen molar-refractivity contribution in [1.29, 1.82) is 0 Å². The number of nitrogens with zero attached hydrogens (tertiary/aromatic N) is 4. The van der Waals surface area contributed by atoms with Gasteiger partial charge in [-0.3, -0.25) is 14.3 Å². The van der Waals surface area contributed by atoms with E-state index in [0.717, 1.165) is 49.5 Å². The number of likely N-dealkylation sites (N-methyl/N-ethyl adjacent to an activating group) is 1. The van der Waals surface area contributed by atoms with Crippen LogP contribution in [0.5, 0.6) is 0 Å². The second-order valence-corrected chi connectivity index (χ2v) is 8.80. The number of hydrogen-bond acceptors (Lipinski definition) is 5. The van der Waals surface area contributed by atoms with Crippen LogP contribution < -0.4 is 10.9 Å². The van der Waals surface area contributed by atoms with Gasteiger partial charge in [-0.15, -0.1) is 0 Å². The Morgan fingerprint density at radius 3 is 3.03 bits per heavy atom. The molecule has 162 valence electrons. The quantitative estimate of drug-likeness (QED) is 0.638. The van der Waals surface area contributed by atoms with Crippen LogP contribution in [0.25, 0.3) is 17.1 Å². The number of nitrogens with one attached hydrogen (secondary N) is 1. The molecule has 0 aliphatic carbocycles. The fraction of sp³-hybridized carbons (Fsp3) is 0.417. The van der Waals surface area contributed by atoms with E-state index < -0.39 is 0 Å². The molecule has 4 heterocycles. The third-order valence-corrected chi connectivity index (χ3v) is 6.51. The lowest BCUT2D eigenvalue weighted by molar-refractivity contribution is 0.217. The van der Waals surface area contributed by atoms with Crippen molar-refractivity contribution in [3.63, 3.8) is 0 Å². The molecule has 2 aliphatic heterocycles. The fourth-order valence-electron chi connectivity index (χ4n) is 5.04. The number of aliphatic hydroxyl groups is 1. The minimum atomic E-state index is 0.0559. The van der Waals surface area contributed by atoms with Crippen LogP contribution in [0.2, 0.25) is 0 Å². The number of fused-ring (bicyclic) bond motifs is 4. The highest BCUT2D eigenvalue weighted by atomic mass is 16.3. The average molecular weight is 420 g/mol. The number of imidazole rings is 1. The molecule has 2 aromatic heterocycles. The Morgan fingerprint density at radius 2 is 2.16 bits per heavy atom. The molecule has 5 rings (SSSR count). The lowest BCUT2D eigenvalue weighted by Crippen LogP contribution is -2.45. The van der Waals surface area contributed by atoms with Crippen molar-refractivity contribution in [3.8, 4) is 17.1 Å². The summed E-state index contributed by atoms with van der Waals surface area (Å²) < 4.78 is 3.97. The molecule has 0 amide bonds. The second-order valence-electron chi connectivity index (χ2n) is 8.80. The molecule has 0 spiro atoms. The molecule has 2 bridgehead atoms. The van der Waals surface area contributed by atoms with Crippen molar-refractivity contribution < 1.29 is 5.11 Å². The summed E-state index contributed by atoms with van der Waals surface area (Å²) in [6.45, 7) is 4.22. The van der Waals surface area contributed by atoms with E-state index in [1.165, 1.54) is 0 Å². The zero-order valence-corrected chi connectivity index (χ0v) is 17.9. The Labute approximate surface area is 182 Å². The first kappa shape index (κ1) is 20.2. The van der Waals surface area contributed by atoms with E-state index in [2.05, 4.69) is 33.4 Å². The molecule has 31 heavy (non-hydrogen) atoms. The molecular weight excluding hydrogens is 390 g/mol. The molecule has 2 N–H and O–H groups in total. The van der Waals surface area contributed by atoms with E-state index in [-0.39, 0.29) is 12.2 Å². The smallest absolute Gasteiger partial charge is 0.261 e. The third kappa shape index (κ3) is 3.84. The lowest BCUT2D eigenvalue weighted by atomic mass is 9.84. The maximum Gasteiger partial charge on any atom is 0.261 e. The molecule has 0 unspecified atom stereocenters. The molecule has 0 radical (unpaired) electrons. The molecule has 0 saturated carbocycles. The van der Waals surface area contributed by atoms with Crippen LogP contribution in [0.15, 0.2) is 53.6 Å². The van der Waals surface area contributed by atoms with Crippen LogP contribution in [-0.2, 0) is 13.1 Å². The first-order valence-corrected chi connectivity index (χ1v) is 11.0. The number of pyridine rings is 1. The van der Waals surface area contributed by atoms with E-state index in [9.17, 15) is 4.79 Å². The average Bonchev–Trinajstić information content (AvgIpc) is 3.25. The first-order valence-electron chi connectivity index (χ1n) is 11.0. The highest BCUT2D eigenvalue weighted by Crippen LogP contribution is 2.32. The summed E-state index contributed by atoms with van der Waals surface area (Å²) >= 11 is 0. The van der Waals surface area contributed by atoms with Crippen LogP contribution in [0.4, 0.5) is 0 Å². The summed E-state index contributed by atoms with van der Waals surface area (Å²) in [6, 6.07) is 12.3. The standard InChI is InChI=1S/C24H29N5O2/c1-27(9-10-30)15-17-3-2-4-20(12-17)28-8-7-26-23(28)21-5-6-22-19-11-18(13-25-14-19)16-29(22)24(21)31/h2-8,12,18-19,25,30H,9-11,13-16H2,1H3/t18-,19+/m0/s1. The number of aliphatic hydroxyl groups excluding tert-OH is 1. The van der Waals surface area contributed by atoms with E-state index in [4.69, 9.17) is 5.11 Å². The molecule has 2 atom stereocenters. The van der Waals surface area contributed by atoms with Crippen molar-refractivity contribution in [2.45, 2.75) is 25.4 Å². The fourth-order valence-corrected chi connectivity index (χ4v) is 5.04. The molecule has 3 aromatic rings. The topological polar surface area (TPSA) is 75.3 Å². The predicted octanol–water partition coefficient (Wildman–Crippen LogP) is 1.83. The Morgan fingerprint density at radius 1 is 1.26 bits per heavy atom. The SMILES string of the molecule is CN(CCO)Cc1cccc(-n2ccnc2-c2ccc3n(c2=O)C[C@@H]2CNC[C@H]3C2)c1. The summed E-state index contributed by atoms with van der Waals surface area (Å²) in [7, 11) is 1.99. The summed E-state index contributed by atoms with van der Waals surface area (Å²) in [5, 5.41) is 12.7. The number of benzene rings is 1. The molecule has 1 aromatic carbocycles. The van der Waals surface area contributed by atoms with Gasteiger partial charge in [-0.1, -0.05) is 12.1 Å². The van der Waals surface area contributed by atoms with E-state index in [1.807, 2.05) is 40.6 Å². The van der Waals surface area contributed by atoms with Gasteiger partial charge in [0.15, 0.2) is 0 Å². The molecular formula is C24H29N5O2. The minimum absolute atomic E-state index is 0.0559. The Kier molecular flexibility index (Phi) is 5.48. The maximum absolute atomic E-state index is 13.5. The number of piperidine rings is 1. The van der Waals surface area contributed by atoms with Crippen molar-refractivity contribution in [2.24, 2.45) is 5.92 Å².